The smallest absolute Gasteiger partial charge is 0.303 e. The highest BCUT2D eigenvalue weighted by Gasteiger charge is 2.12. The van der Waals surface area contributed by atoms with E-state index in [0.717, 1.165) is 5.56 Å². The van der Waals surface area contributed by atoms with Gasteiger partial charge in [0.2, 0.25) is 5.91 Å². The lowest BCUT2D eigenvalue weighted by molar-refractivity contribution is -0.138. The molecule has 1 atom stereocenters. The Balaban J connectivity index is 2.30. The number of hydrogen-bond acceptors (Lipinski definition) is 3. The number of amides is 1. The highest BCUT2D eigenvalue weighted by Crippen LogP contribution is 2.13. The maximum Gasteiger partial charge on any atom is 0.303 e. The first kappa shape index (κ1) is 13.7. The van der Waals surface area contributed by atoms with Crippen molar-refractivity contribution < 1.29 is 14.7 Å². The molecule has 0 aliphatic rings. The molecule has 5 heteroatoms. The van der Waals surface area contributed by atoms with Crippen molar-refractivity contribution in [3.05, 3.63) is 21.9 Å². The maximum absolute atomic E-state index is 11.5. The number of rotatable bonds is 6. The second kappa shape index (κ2) is 6.39. The van der Waals surface area contributed by atoms with Crippen molar-refractivity contribution in [2.24, 2.45) is 5.92 Å². The first-order chi connectivity index (χ1) is 7.99. The van der Waals surface area contributed by atoms with Gasteiger partial charge < -0.3 is 10.4 Å². The lowest BCUT2D eigenvalue weighted by Gasteiger charge is -2.09. The van der Waals surface area contributed by atoms with Crippen LogP contribution in [0.3, 0.4) is 0 Å². The normalized spacial score (nSPS) is 12.1. The summed E-state index contributed by atoms with van der Waals surface area (Å²) < 4.78 is 0. The van der Waals surface area contributed by atoms with Crippen molar-refractivity contribution in [3.8, 4) is 0 Å². The van der Waals surface area contributed by atoms with Crippen molar-refractivity contribution in [1.82, 2.24) is 5.32 Å². The molecule has 0 aliphatic carbocycles. The van der Waals surface area contributed by atoms with E-state index in [9.17, 15) is 9.59 Å². The fourth-order valence-electron chi connectivity index (χ4n) is 1.52. The second-order valence-electron chi connectivity index (χ2n) is 4.26. The van der Waals surface area contributed by atoms with E-state index in [1.165, 1.54) is 5.56 Å². The molecule has 0 radical (unpaired) electrons. The van der Waals surface area contributed by atoms with Crippen molar-refractivity contribution in [2.75, 3.05) is 0 Å². The van der Waals surface area contributed by atoms with Gasteiger partial charge in [-0.25, -0.2) is 0 Å². The maximum atomic E-state index is 11.5. The van der Waals surface area contributed by atoms with E-state index >= 15 is 0 Å². The molecular formula is C12H17NO3S. The Morgan fingerprint density at radius 2 is 2.12 bits per heavy atom. The highest BCUT2D eigenvalue weighted by molar-refractivity contribution is 7.08. The SMILES string of the molecule is Cc1cscc1CNC(=O)CC(C)CC(=O)O. The predicted molar refractivity (Wildman–Crippen MR) is 66.9 cm³/mol. The number of carbonyl (C=O) groups excluding carboxylic acids is 1. The molecule has 0 spiro atoms. The molecule has 4 nitrogen and oxygen atoms in total. The minimum Gasteiger partial charge on any atom is -0.481 e. The first-order valence-electron chi connectivity index (χ1n) is 5.49. The van der Waals surface area contributed by atoms with Crippen LogP contribution in [0, 0.1) is 12.8 Å². The summed E-state index contributed by atoms with van der Waals surface area (Å²) in [5.41, 5.74) is 2.29. The first-order valence-corrected chi connectivity index (χ1v) is 6.43. The van der Waals surface area contributed by atoms with Crippen LogP contribution in [0.15, 0.2) is 10.8 Å². The van der Waals surface area contributed by atoms with Gasteiger partial charge in [0.05, 0.1) is 0 Å². The molecule has 0 saturated heterocycles. The summed E-state index contributed by atoms with van der Waals surface area (Å²) in [6.45, 7) is 4.29. The number of nitrogens with one attached hydrogen (secondary N) is 1. The van der Waals surface area contributed by atoms with Crippen LogP contribution in [0.25, 0.3) is 0 Å². The van der Waals surface area contributed by atoms with Gasteiger partial charge in [-0.05, 0) is 34.7 Å². The molecule has 94 valence electrons. The van der Waals surface area contributed by atoms with E-state index in [1.807, 2.05) is 17.7 Å². The quantitative estimate of drug-likeness (QED) is 0.818. The van der Waals surface area contributed by atoms with E-state index in [2.05, 4.69) is 5.32 Å². The van der Waals surface area contributed by atoms with E-state index in [4.69, 9.17) is 5.11 Å². The van der Waals surface area contributed by atoms with E-state index in [-0.39, 0.29) is 24.7 Å². The standard InChI is InChI=1S/C12H17NO3S/c1-8(4-12(15)16)3-11(14)13-5-10-7-17-6-9(10)2/h6-8H,3-5H2,1-2H3,(H,13,14)(H,15,16). The third kappa shape index (κ3) is 4.99. The van der Waals surface area contributed by atoms with Gasteiger partial charge in [-0.3, -0.25) is 9.59 Å². The Hall–Kier alpha value is -1.36. The Bertz CT molecular complexity index is 400. The van der Waals surface area contributed by atoms with Crippen molar-refractivity contribution in [1.29, 1.82) is 0 Å². The summed E-state index contributed by atoms with van der Waals surface area (Å²) >= 11 is 1.61. The van der Waals surface area contributed by atoms with Crippen molar-refractivity contribution >= 4 is 23.2 Å². The molecule has 2 N–H and O–H groups in total. The molecule has 1 amide bonds. The lowest BCUT2D eigenvalue weighted by Crippen LogP contribution is -2.25. The molecule has 0 saturated carbocycles. The summed E-state index contributed by atoms with van der Waals surface area (Å²) in [6, 6.07) is 0. The Morgan fingerprint density at radius 1 is 1.41 bits per heavy atom. The monoisotopic (exact) mass is 255 g/mol. The van der Waals surface area contributed by atoms with Crippen LogP contribution in [-0.2, 0) is 16.1 Å². The molecule has 1 unspecified atom stereocenters. The zero-order valence-electron chi connectivity index (χ0n) is 10.0. The van der Waals surface area contributed by atoms with Gasteiger partial charge in [0.25, 0.3) is 0 Å². The van der Waals surface area contributed by atoms with Gasteiger partial charge in [0, 0.05) is 19.4 Å². The molecule has 0 bridgehead atoms. The number of carboxylic acids is 1. The molecule has 0 aliphatic heterocycles. The van der Waals surface area contributed by atoms with Gasteiger partial charge in [-0.2, -0.15) is 11.3 Å². The van der Waals surface area contributed by atoms with Crippen LogP contribution in [0.5, 0.6) is 0 Å². The summed E-state index contributed by atoms with van der Waals surface area (Å²) in [5.74, 6) is -1.08. The zero-order chi connectivity index (χ0) is 12.8. The molecule has 0 aromatic carbocycles. The van der Waals surface area contributed by atoms with E-state index < -0.39 is 5.97 Å². The van der Waals surface area contributed by atoms with Gasteiger partial charge in [0.1, 0.15) is 0 Å². The lowest BCUT2D eigenvalue weighted by atomic mass is 10.0. The van der Waals surface area contributed by atoms with Gasteiger partial charge in [-0.15, -0.1) is 0 Å². The second-order valence-corrected chi connectivity index (χ2v) is 5.01. The average Bonchev–Trinajstić information content (AvgIpc) is 2.59. The fraction of sp³-hybridized carbons (Fsp3) is 0.500. The predicted octanol–water partition coefficient (Wildman–Crippen LogP) is 2.17. The van der Waals surface area contributed by atoms with Crippen LogP contribution in [0.4, 0.5) is 0 Å². The van der Waals surface area contributed by atoms with E-state index in [0.29, 0.717) is 6.54 Å². The number of aryl methyl sites for hydroxylation is 1. The fourth-order valence-corrected chi connectivity index (χ4v) is 2.38. The minimum absolute atomic E-state index is 0.0326. The molecule has 1 aromatic heterocycles. The minimum atomic E-state index is -0.862. The number of hydrogen-bond donors (Lipinski definition) is 2. The van der Waals surface area contributed by atoms with Crippen LogP contribution >= 0.6 is 11.3 Å². The molecule has 17 heavy (non-hydrogen) atoms. The van der Waals surface area contributed by atoms with Crippen LogP contribution in [0.2, 0.25) is 0 Å². The topological polar surface area (TPSA) is 66.4 Å². The molecule has 1 rings (SSSR count). The van der Waals surface area contributed by atoms with E-state index in [1.54, 1.807) is 18.3 Å². The molecular weight excluding hydrogens is 238 g/mol. The van der Waals surface area contributed by atoms with Crippen molar-refractivity contribution in [2.45, 2.75) is 33.2 Å². The summed E-state index contributed by atoms with van der Waals surface area (Å²) in [5, 5.41) is 15.4. The molecule has 0 fully saturated rings. The number of carboxylic acid groups (broad SMARTS) is 1. The highest BCUT2D eigenvalue weighted by atomic mass is 32.1. The summed E-state index contributed by atoms with van der Waals surface area (Å²) in [7, 11) is 0. The Labute approximate surface area is 105 Å². The number of thiophene rings is 1. The Morgan fingerprint density at radius 3 is 2.65 bits per heavy atom. The third-order valence-electron chi connectivity index (χ3n) is 2.49. The molecule has 1 heterocycles. The van der Waals surface area contributed by atoms with Crippen LogP contribution < -0.4 is 5.32 Å². The number of carbonyl (C=O) groups is 2. The van der Waals surface area contributed by atoms with Gasteiger partial charge >= 0.3 is 5.97 Å². The summed E-state index contributed by atoms with van der Waals surface area (Å²) in [6.07, 6.45) is 0.292. The molecule has 1 aromatic rings. The largest absolute Gasteiger partial charge is 0.481 e. The third-order valence-corrected chi connectivity index (χ3v) is 3.40. The van der Waals surface area contributed by atoms with Gasteiger partial charge in [0.15, 0.2) is 0 Å². The van der Waals surface area contributed by atoms with Crippen LogP contribution in [0.1, 0.15) is 30.9 Å². The van der Waals surface area contributed by atoms with Crippen molar-refractivity contribution in [3.63, 3.8) is 0 Å². The van der Waals surface area contributed by atoms with Crippen LogP contribution in [-0.4, -0.2) is 17.0 Å². The van der Waals surface area contributed by atoms with Gasteiger partial charge in [-0.1, -0.05) is 6.92 Å². The number of aliphatic carboxylic acids is 1. The zero-order valence-corrected chi connectivity index (χ0v) is 10.8. The summed E-state index contributed by atoms with van der Waals surface area (Å²) in [4.78, 5) is 22.0. The Kier molecular flexibility index (Phi) is 5.15. The average molecular weight is 255 g/mol.